The van der Waals surface area contributed by atoms with Crippen molar-refractivity contribution >= 4 is 0 Å². The minimum absolute atomic E-state index is 0.360. The zero-order valence-electron chi connectivity index (χ0n) is 9.28. The van der Waals surface area contributed by atoms with Crippen molar-refractivity contribution in [3.63, 3.8) is 0 Å². The highest BCUT2D eigenvalue weighted by Gasteiger charge is 2.16. The zero-order valence-corrected chi connectivity index (χ0v) is 9.28. The van der Waals surface area contributed by atoms with Crippen LogP contribution in [0.15, 0.2) is 6.07 Å². The van der Waals surface area contributed by atoms with E-state index in [4.69, 9.17) is 10.5 Å². The Morgan fingerprint density at radius 1 is 1.60 bits per heavy atom. The molecule has 2 heterocycles. The third-order valence-electron chi connectivity index (χ3n) is 2.95. The van der Waals surface area contributed by atoms with Crippen molar-refractivity contribution in [1.29, 1.82) is 0 Å². The molecule has 0 spiro atoms. The van der Waals surface area contributed by atoms with Gasteiger partial charge in [0.05, 0.1) is 17.5 Å². The molecule has 1 atom stereocenters. The maximum Gasteiger partial charge on any atom is 0.0653 e. The number of hydrogen-bond acceptors (Lipinski definition) is 3. The van der Waals surface area contributed by atoms with Crippen molar-refractivity contribution in [3.05, 3.63) is 17.5 Å². The lowest BCUT2D eigenvalue weighted by Crippen LogP contribution is -2.21. The van der Waals surface area contributed by atoms with Gasteiger partial charge in [0, 0.05) is 26.6 Å². The highest BCUT2D eigenvalue weighted by atomic mass is 16.5. The van der Waals surface area contributed by atoms with E-state index >= 15 is 0 Å². The molecule has 2 N–H and O–H groups in total. The molecule has 0 saturated carbocycles. The molecule has 0 aromatic carbocycles. The molecule has 4 heteroatoms. The highest BCUT2D eigenvalue weighted by Crippen LogP contribution is 2.17. The van der Waals surface area contributed by atoms with Crippen molar-refractivity contribution in [2.75, 3.05) is 6.61 Å². The molecule has 0 radical (unpaired) electrons. The first kappa shape index (κ1) is 10.6. The Hall–Kier alpha value is -0.870. The first-order valence-corrected chi connectivity index (χ1v) is 5.63. The molecule has 1 aliphatic heterocycles. The van der Waals surface area contributed by atoms with Crippen LogP contribution in [0.3, 0.4) is 0 Å². The Balaban J connectivity index is 1.97. The molecular weight excluding hydrogens is 190 g/mol. The fourth-order valence-electron chi connectivity index (χ4n) is 2.06. The predicted molar refractivity (Wildman–Crippen MR) is 58.4 cm³/mol. The summed E-state index contributed by atoms with van der Waals surface area (Å²) in [4.78, 5) is 0. The average molecular weight is 209 g/mol. The molecule has 1 aliphatic rings. The smallest absolute Gasteiger partial charge is 0.0653 e. The van der Waals surface area contributed by atoms with Crippen LogP contribution >= 0.6 is 0 Å². The van der Waals surface area contributed by atoms with E-state index in [2.05, 4.69) is 11.2 Å². The Kier molecular flexibility index (Phi) is 3.38. The lowest BCUT2D eigenvalue weighted by molar-refractivity contribution is 0.0162. The molecule has 2 rings (SSSR count). The summed E-state index contributed by atoms with van der Waals surface area (Å²) in [5.41, 5.74) is 7.79. The molecular formula is C11H19N3O. The summed E-state index contributed by atoms with van der Waals surface area (Å²) >= 11 is 0. The number of nitrogens with zero attached hydrogens (tertiary/aromatic N) is 2. The van der Waals surface area contributed by atoms with Gasteiger partial charge in [-0.3, -0.25) is 4.68 Å². The van der Waals surface area contributed by atoms with Crippen LogP contribution in [0.25, 0.3) is 0 Å². The highest BCUT2D eigenvalue weighted by molar-refractivity contribution is 5.10. The van der Waals surface area contributed by atoms with E-state index in [-0.39, 0.29) is 0 Å². The summed E-state index contributed by atoms with van der Waals surface area (Å²) in [5, 5.41) is 4.43. The summed E-state index contributed by atoms with van der Waals surface area (Å²) in [6.45, 7) is 1.45. The van der Waals surface area contributed by atoms with Crippen molar-refractivity contribution in [2.45, 2.75) is 38.3 Å². The van der Waals surface area contributed by atoms with Gasteiger partial charge in [-0.15, -0.1) is 0 Å². The minimum Gasteiger partial charge on any atom is -0.378 e. The second kappa shape index (κ2) is 4.77. The SMILES string of the molecule is Cn1nc(CC2CCCCO2)cc1CN. The predicted octanol–water partition coefficient (Wildman–Crippen LogP) is 0.990. The average Bonchev–Trinajstić information content (AvgIpc) is 2.60. The van der Waals surface area contributed by atoms with E-state index in [0.29, 0.717) is 12.6 Å². The molecule has 84 valence electrons. The molecule has 1 saturated heterocycles. The Morgan fingerprint density at radius 3 is 3.07 bits per heavy atom. The first-order chi connectivity index (χ1) is 7.29. The standard InChI is InChI=1S/C11H19N3O/c1-14-10(8-12)6-9(13-14)7-11-4-2-3-5-15-11/h6,11H,2-5,7-8,12H2,1H3. The van der Waals surface area contributed by atoms with E-state index in [0.717, 1.165) is 30.8 Å². The third kappa shape index (κ3) is 2.58. The van der Waals surface area contributed by atoms with Gasteiger partial charge in [0.1, 0.15) is 0 Å². The second-order valence-electron chi connectivity index (χ2n) is 4.15. The van der Waals surface area contributed by atoms with Crippen LogP contribution in [0.4, 0.5) is 0 Å². The van der Waals surface area contributed by atoms with E-state index in [9.17, 15) is 0 Å². The quantitative estimate of drug-likeness (QED) is 0.807. The summed E-state index contributed by atoms with van der Waals surface area (Å²) in [6, 6.07) is 2.08. The Bertz CT molecular complexity index is 316. The first-order valence-electron chi connectivity index (χ1n) is 5.63. The van der Waals surface area contributed by atoms with Gasteiger partial charge in [-0.05, 0) is 25.3 Å². The van der Waals surface area contributed by atoms with Crippen LogP contribution in [-0.4, -0.2) is 22.5 Å². The summed E-state index contributed by atoms with van der Waals surface area (Å²) < 4.78 is 7.54. The van der Waals surface area contributed by atoms with E-state index in [1.54, 1.807) is 0 Å². The Morgan fingerprint density at radius 2 is 2.47 bits per heavy atom. The van der Waals surface area contributed by atoms with Gasteiger partial charge < -0.3 is 10.5 Å². The number of nitrogens with two attached hydrogens (primary N) is 1. The van der Waals surface area contributed by atoms with E-state index in [1.807, 2.05) is 11.7 Å². The number of hydrogen-bond donors (Lipinski definition) is 1. The van der Waals surface area contributed by atoms with E-state index < -0.39 is 0 Å². The van der Waals surface area contributed by atoms with Gasteiger partial charge in [-0.1, -0.05) is 0 Å². The zero-order chi connectivity index (χ0) is 10.7. The maximum absolute atomic E-state index is 5.68. The van der Waals surface area contributed by atoms with Gasteiger partial charge in [0.2, 0.25) is 0 Å². The lowest BCUT2D eigenvalue weighted by Gasteiger charge is -2.21. The van der Waals surface area contributed by atoms with Crippen molar-refractivity contribution < 1.29 is 4.74 Å². The van der Waals surface area contributed by atoms with Crippen LogP contribution in [0.5, 0.6) is 0 Å². The molecule has 0 aliphatic carbocycles. The third-order valence-corrected chi connectivity index (χ3v) is 2.95. The van der Waals surface area contributed by atoms with Crippen molar-refractivity contribution in [3.8, 4) is 0 Å². The number of aryl methyl sites for hydroxylation is 1. The van der Waals surface area contributed by atoms with Crippen LogP contribution < -0.4 is 5.73 Å². The largest absolute Gasteiger partial charge is 0.378 e. The van der Waals surface area contributed by atoms with Crippen LogP contribution in [0.2, 0.25) is 0 Å². The number of rotatable bonds is 3. The summed E-state index contributed by atoms with van der Waals surface area (Å²) in [5.74, 6) is 0. The Labute approximate surface area is 90.4 Å². The van der Waals surface area contributed by atoms with Crippen molar-refractivity contribution in [2.24, 2.45) is 12.8 Å². The molecule has 1 fully saturated rings. The molecule has 1 aromatic heterocycles. The second-order valence-corrected chi connectivity index (χ2v) is 4.15. The van der Waals surface area contributed by atoms with Gasteiger partial charge in [-0.2, -0.15) is 5.10 Å². The number of ether oxygens (including phenoxy) is 1. The monoisotopic (exact) mass is 209 g/mol. The van der Waals surface area contributed by atoms with Gasteiger partial charge in [-0.25, -0.2) is 0 Å². The molecule has 1 unspecified atom stereocenters. The fraction of sp³-hybridized carbons (Fsp3) is 0.727. The fourth-order valence-corrected chi connectivity index (χ4v) is 2.06. The van der Waals surface area contributed by atoms with Gasteiger partial charge in [0.15, 0.2) is 0 Å². The van der Waals surface area contributed by atoms with Crippen LogP contribution in [0.1, 0.15) is 30.7 Å². The normalized spacial score (nSPS) is 21.9. The molecule has 15 heavy (non-hydrogen) atoms. The van der Waals surface area contributed by atoms with E-state index in [1.165, 1.54) is 12.8 Å². The van der Waals surface area contributed by atoms with Gasteiger partial charge >= 0.3 is 0 Å². The summed E-state index contributed by atoms with van der Waals surface area (Å²) in [7, 11) is 1.94. The topological polar surface area (TPSA) is 53.1 Å². The van der Waals surface area contributed by atoms with Crippen molar-refractivity contribution in [1.82, 2.24) is 9.78 Å². The summed E-state index contributed by atoms with van der Waals surface area (Å²) in [6.07, 6.45) is 4.93. The minimum atomic E-state index is 0.360. The molecule has 4 nitrogen and oxygen atoms in total. The molecule has 0 amide bonds. The van der Waals surface area contributed by atoms with Crippen LogP contribution in [-0.2, 0) is 24.8 Å². The molecule has 1 aromatic rings. The van der Waals surface area contributed by atoms with Gasteiger partial charge in [0.25, 0.3) is 0 Å². The number of aromatic nitrogens is 2. The van der Waals surface area contributed by atoms with Crippen LogP contribution in [0, 0.1) is 0 Å². The lowest BCUT2D eigenvalue weighted by atomic mass is 10.0. The molecule has 0 bridgehead atoms. The maximum atomic E-state index is 5.68.